The SMILES string of the molecule is COc1cc(Cl)cc2nc3ccc(F)cc3nc12. The number of ether oxygens (including phenoxy) is 1. The van der Waals surface area contributed by atoms with Gasteiger partial charge in [0.1, 0.15) is 17.1 Å². The summed E-state index contributed by atoms with van der Waals surface area (Å²) in [6.07, 6.45) is 0. The average Bonchev–Trinajstić information content (AvgIpc) is 2.35. The zero-order valence-electron chi connectivity index (χ0n) is 9.45. The van der Waals surface area contributed by atoms with E-state index in [1.165, 1.54) is 19.2 Å². The summed E-state index contributed by atoms with van der Waals surface area (Å²) in [6, 6.07) is 7.64. The van der Waals surface area contributed by atoms with Gasteiger partial charge in [-0.2, -0.15) is 0 Å². The molecule has 0 spiro atoms. The largest absolute Gasteiger partial charge is 0.494 e. The quantitative estimate of drug-likeness (QED) is 0.629. The zero-order chi connectivity index (χ0) is 12.7. The van der Waals surface area contributed by atoms with Crippen LogP contribution in [0.2, 0.25) is 5.02 Å². The van der Waals surface area contributed by atoms with Crippen LogP contribution >= 0.6 is 11.6 Å². The van der Waals surface area contributed by atoms with Crippen molar-refractivity contribution in [3.63, 3.8) is 0 Å². The molecule has 0 bridgehead atoms. The highest BCUT2D eigenvalue weighted by Gasteiger charge is 2.09. The van der Waals surface area contributed by atoms with E-state index in [2.05, 4.69) is 9.97 Å². The van der Waals surface area contributed by atoms with Crippen molar-refractivity contribution in [1.29, 1.82) is 0 Å². The number of fused-ring (bicyclic) bond motifs is 2. The maximum atomic E-state index is 13.2. The van der Waals surface area contributed by atoms with Crippen LogP contribution in [0.4, 0.5) is 4.39 Å². The second kappa shape index (κ2) is 4.07. The van der Waals surface area contributed by atoms with Gasteiger partial charge in [-0.3, -0.25) is 0 Å². The van der Waals surface area contributed by atoms with Crippen LogP contribution < -0.4 is 4.74 Å². The van der Waals surface area contributed by atoms with Gasteiger partial charge in [0.2, 0.25) is 0 Å². The molecule has 0 fully saturated rings. The van der Waals surface area contributed by atoms with Crippen LogP contribution in [-0.2, 0) is 0 Å². The molecule has 0 radical (unpaired) electrons. The van der Waals surface area contributed by atoms with E-state index in [1.54, 1.807) is 18.2 Å². The monoisotopic (exact) mass is 262 g/mol. The van der Waals surface area contributed by atoms with Crippen LogP contribution in [0.5, 0.6) is 5.75 Å². The molecule has 0 aliphatic carbocycles. The van der Waals surface area contributed by atoms with Gasteiger partial charge in [0.15, 0.2) is 0 Å². The van der Waals surface area contributed by atoms with E-state index < -0.39 is 0 Å². The Bertz CT molecular complexity index is 761. The van der Waals surface area contributed by atoms with Gasteiger partial charge >= 0.3 is 0 Å². The number of methoxy groups -OCH3 is 1. The Morgan fingerprint density at radius 2 is 1.89 bits per heavy atom. The molecule has 0 unspecified atom stereocenters. The molecule has 5 heteroatoms. The van der Waals surface area contributed by atoms with Gasteiger partial charge in [-0.05, 0) is 18.2 Å². The van der Waals surface area contributed by atoms with Crippen LogP contribution in [-0.4, -0.2) is 17.1 Å². The molecule has 0 amide bonds. The Morgan fingerprint density at radius 1 is 1.06 bits per heavy atom. The van der Waals surface area contributed by atoms with E-state index in [1.807, 2.05) is 0 Å². The van der Waals surface area contributed by atoms with Crippen molar-refractivity contribution in [1.82, 2.24) is 9.97 Å². The molecule has 0 saturated heterocycles. The number of hydrogen-bond donors (Lipinski definition) is 0. The number of hydrogen-bond acceptors (Lipinski definition) is 3. The van der Waals surface area contributed by atoms with Crippen LogP contribution in [0.3, 0.4) is 0 Å². The van der Waals surface area contributed by atoms with Gasteiger partial charge in [-0.25, -0.2) is 14.4 Å². The molecular weight excluding hydrogens is 255 g/mol. The topological polar surface area (TPSA) is 35.0 Å². The minimum absolute atomic E-state index is 0.343. The van der Waals surface area contributed by atoms with Gasteiger partial charge < -0.3 is 4.74 Å². The summed E-state index contributed by atoms with van der Waals surface area (Å²) in [4.78, 5) is 8.76. The Morgan fingerprint density at radius 3 is 2.67 bits per heavy atom. The van der Waals surface area contributed by atoms with Crippen molar-refractivity contribution in [2.45, 2.75) is 0 Å². The van der Waals surface area contributed by atoms with Crippen molar-refractivity contribution in [3.05, 3.63) is 41.2 Å². The molecule has 90 valence electrons. The maximum Gasteiger partial charge on any atom is 0.148 e. The van der Waals surface area contributed by atoms with E-state index in [0.29, 0.717) is 32.8 Å². The highest BCUT2D eigenvalue weighted by molar-refractivity contribution is 6.31. The van der Waals surface area contributed by atoms with E-state index in [-0.39, 0.29) is 5.82 Å². The lowest BCUT2D eigenvalue weighted by Gasteiger charge is -2.06. The second-order valence-corrected chi connectivity index (χ2v) is 4.27. The molecule has 0 N–H and O–H groups in total. The van der Waals surface area contributed by atoms with Crippen molar-refractivity contribution >= 4 is 33.7 Å². The third-order valence-corrected chi connectivity index (χ3v) is 2.87. The summed E-state index contributed by atoms with van der Waals surface area (Å²) in [5, 5.41) is 0.523. The molecule has 2 aromatic carbocycles. The third-order valence-electron chi connectivity index (χ3n) is 2.65. The Labute approximate surface area is 107 Å². The molecule has 0 saturated carbocycles. The summed E-state index contributed by atoms with van der Waals surface area (Å²) < 4.78 is 18.4. The highest BCUT2D eigenvalue weighted by Crippen LogP contribution is 2.28. The first kappa shape index (κ1) is 11.2. The molecule has 0 aliphatic rings. The Hall–Kier alpha value is -1.94. The fourth-order valence-corrected chi connectivity index (χ4v) is 2.05. The van der Waals surface area contributed by atoms with E-state index in [4.69, 9.17) is 16.3 Å². The number of nitrogens with zero attached hydrogens (tertiary/aromatic N) is 2. The van der Waals surface area contributed by atoms with Crippen LogP contribution in [0, 0.1) is 5.82 Å². The zero-order valence-corrected chi connectivity index (χ0v) is 10.2. The molecule has 3 aromatic rings. The lowest BCUT2D eigenvalue weighted by molar-refractivity contribution is 0.419. The predicted molar refractivity (Wildman–Crippen MR) is 68.6 cm³/mol. The van der Waals surface area contributed by atoms with Crippen molar-refractivity contribution < 1.29 is 9.13 Å². The standard InChI is InChI=1S/C13H8ClFN2O/c1-18-12-5-7(14)4-11-13(12)17-10-6-8(15)2-3-9(10)16-11/h2-6H,1H3. The van der Waals surface area contributed by atoms with Crippen molar-refractivity contribution in [2.75, 3.05) is 7.11 Å². The molecule has 18 heavy (non-hydrogen) atoms. The summed E-state index contributed by atoms with van der Waals surface area (Å²) in [5.41, 5.74) is 2.30. The number of halogens is 2. The molecule has 1 aromatic heterocycles. The van der Waals surface area contributed by atoms with Gasteiger partial charge in [0.25, 0.3) is 0 Å². The number of rotatable bonds is 1. The predicted octanol–water partition coefficient (Wildman–Crippen LogP) is 3.58. The highest BCUT2D eigenvalue weighted by atomic mass is 35.5. The van der Waals surface area contributed by atoms with E-state index in [9.17, 15) is 4.39 Å². The van der Waals surface area contributed by atoms with E-state index >= 15 is 0 Å². The fourth-order valence-electron chi connectivity index (χ4n) is 1.84. The van der Waals surface area contributed by atoms with Crippen LogP contribution in [0.1, 0.15) is 0 Å². The number of benzene rings is 2. The first-order valence-corrected chi connectivity index (χ1v) is 5.66. The summed E-state index contributed by atoms with van der Waals surface area (Å²) in [7, 11) is 1.53. The average molecular weight is 263 g/mol. The molecule has 0 atom stereocenters. The minimum atomic E-state index is -0.343. The van der Waals surface area contributed by atoms with Gasteiger partial charge in [-0.15, -0.1) is 0 Å². The van der Waals surface area contributed by atoms with Crippen LogP contribution in [0.25, 0.3) is 22.1 Å². The summed E-state index contributed by atoms with van der Waals surface area (Å²) >= 11 is 5.97. The van der Waals surface area contributed by atoms with Crippen molar-refractivity contribution in [3.8, 4) is 5.75 Å². The molecular formula is C13H8ClFN2O. The van der Waals surface area contributed by atoms with Gasteiger partial charge in [0.05, 0.1) is 23.7 Å². The molecule has 0 aliphatic heterocycles. The summed E-state index contributed by atoms with van der Waals surface area (Å²) in [6.45, 7) is 0. The lowest BCUT2D eigenvalue weighted by atomic mass is 10.2. The molecule has 1 heterocycles. The normalized spacial score (nSPS) is 11.1. The van der Waals surface area contributed by atoms with Crippen molar-refractivity contribution in [2.24, 2.45) is 0 Å². The maximum absolute atomic E-state index is 13.2. The van der Waals surface area contributed by atoms with Crippen LogP contribution in [0.15, 0.2) is 30.3 Å². The fraction of sp³-hybridized carbons (Fsp3) is 0.0769. The number of aromatic nitrogens is 2. The lowest BCUT2D eigenvalue weighted by Crippen LogP contribution is -1.92. The van der Waals surface area contributed by atoms with Gasteiger partial charge in [0, 0.05) is 17.2 Å². The third kappa shape index (κ3) is 1.75. The Balaban J connectivity index is 2.44. The Kier molecular flexibility index (Phi) is 2.52. The van der Waals surface area contributed by atoms with E-state index in [0.717, 1.165) is 0 Å². The molecule has 3 rings (SSSR count). The van der Waals surface area contributed by atoms with Gasteiger partial charge in [-0.1, -0.05) is 11.6 Å². The first-order chi connectivity index (χ1) is 8.67. The molecule has 3 nitrogen and oxygen atoms in total. The summed E-state index contributed by atoms with van der Waals surface area (Å²) in [5.74, 6) is 0.181. The minimum Gasteiger partial charge on any atom is -0.494 e. The second-order valence-electron chi connectivity index (χ2n) is 3.83. The smallest absolute Gasteiger partial charge is 0.148 e. The first-order valence-electron chi connectivity index (χ1n) is 5.28.